The van der Waals surface area contributed by atoms with Gasteiger partial charge in [0.1, 0.15) is 15.7 Å². The Morgan fingerprint density at radius 2 is 1.96 bits per heavy atom. The first-order valence-corrected chi connectivity index (χ1v) is 8.75. The molecule has 0 aliphatic rings. The van der Waals surface area contributed by atoms with Crippen molar-refractivity contribution in [3.8, 4) is 0 Å². The smallest absolute Gasteiger partial charge is 0.348 e. The Morgan fingerprint density at radius 3 is 2.72 bits per heavy atom. The van der Waals surface area contributed by atoms with Gasteiger partial charge in [0.25, 0.3) is 5.91 Å². The highest BCUT2D eigenvalue weighted by Gasteiger charge is 2.16. The van der Waals surface area contributed by atoms with Gasteiger partial charge in [-0.2, -0.15) is 0 Å². The number of nitrogens with one attached hydrogen (secondary N) is 1. The molecule has 128 valence electrons. The number of methoxy groups -OCH3 is 1. The molecule has 0 spiro atoms. The zero-order chi connectivity index (χ0) is 17.8. The molecule has 1 N–H and O–H groups in total. The molecular weight excluding hydrogens is 365 g/mol. The van der Waals surface area contributed by atoms with Crippen LogP contribution >= 0.6 is 22.7 Å². The molecule has 0 aliphatic carbocycles. The fourth-order valence-corrected chi connectivity index (χ4v) is 3.61. The van der Waals surface area contributed by atoms with E-state index in [0.29, 0.717) is 26.3 Å². The fraction of sp³-hybridized carbons (Fsp3) is 0.125. The van der Waals surface area contributed by atoms with Crippen LogP contribution in [-0.4, -0.2) is 29.2 Å². The van der Waals surface area contributed by atoms with Gasteiger partial charge in [0.2, 0.25) is 5.13 Å². The van der Waals surface area contributed by atoms with E-state index in [9.17, 15) is 14.0 Å². The van der Waals surface area contributed by atoms with E-state index >= 15 is 0 Å². The number of hydrogen-bond acceptors (Lipinski definition) is 7. The maximum atomic E-state index is 13.2. The Bertz CT molecular complexity index is 923. The summed E-state index contributed by atoms with van der Waals surface area (Å²) >= 11 is 2.24. The second-order valence-corrected chi connectivity index (χ2v) is 7.06. The number of carbonyl (C=O) groups excluding carboxylic acids is 2. The Hall–Kier alpha value is -2.65. The van der Waals surface area contributed by atoms with Crippen LogP contribution in [0.25, 0.3) is 0 Å². The number of ether oxygens (including phenoxy) is 1. The van der Waals surface area contributed by atoms with Crippen LogP contribution < -0.4 is 5.32 Å². The number of rotatable bonds is 5. The number of benzene rings is 1. The van der Waals surface area contributed by atoms with Crippen molar-refractivity contribution < 1.29 is 18.7 Å². The third-order valence-corrected chi connectivity index (χ3v) is 5.05. The number of halogens is 1. The number of nitrogens with zero attached hydrogens (tertiary/aromatic N) is 2. The van der Waals surface area contributed by atoms with Gasteiger partial charge in [0.05, 0.1) is 12.0 Å². The van der Waals surface area contributed by atoms with Crippen molar-refractivity contribution >= 4 is 39.7 Å². The molecule has 25 heavy (non-hydrogen) atoms. The van der Waals surface area contributed by atoms with Gasteiger partial charge in [-0.05, 0) is 29.8 Å². The zero-order valence-electron chi connectivity index (χ0n) is 13.0. The number of aromatic nitrogens is 2. The van der Waals surface area contributed by atoms with E-state index in [0.717, 1.165) is 16.9 Å². The maximum absolute atomic E-state index is 13.2. The van der Waals surface area contributed by atoms with Crippen molar-refractivity contribution in [2.45, 2.75) is 6.42 Å². The summed E-state index contributed by atoms with van der Waals surface area (Å²) in [5.74, 6) is -1.18. The number of hydrogen-bond donors (Lipinski definition) is 1. The van der Waals surface area contributed by atoms with Crippen molar-refractivity contribution in [1.29, 1.82) is 0 Å². The summed E-state index contributed by atoms with van der Waals surface area (Å²) in [7, 11) is 1.28. The minimum absolute atomic E-state index is 0.311. The van der Waals surface area contributed by atoms with Crippen molar-refractivity contribution in [2.24, 2.45) is 0 Å². The molecule has 6 nitrogen and oxygen atoms in total. The predicted octanol–water partition coefficient (Wildman–Crippen LogP) is 3.37. The number of thiophene rings is 1. The average Bonchev–Trinajstić information content (AvgIpc) is 3.24. The van der Waals surface area contributed by atoms with Gasteiger partial charge in [0.15, 0.2) is 0 Å². The van der Waals surface area contributed by atoms with Gasteiger partial charge in [-0.3, -0.25) is 10.1 Å². The summed E-state index contributed by atoms with van der Waals surface area (Å²) in [5, 5.41) is 11.5. The van der Waals surface area contributed by atoms with Crippen LogP contribution in [0.5, 0.6) is 0 Å². The standard InChI is InChI=1S/C16H12FN3O3S2/c1-23-15(22)12-6-5-11(24-12)14(21)18-16-20-19-13(25-16)8-9-3-2-4-10(17)7-9/h2-7H,8H2,1H3,(H,18,20,21). The fourth-order valence-electron chi connectivity index (χ4n) is 2.03. The molecule has 0 saturated heterocycles. The first kappa shape index (κ1) is 17.2. The zero-order valence-corrected chi connectivity index (χ0v) is 14.6. The van der Waals surface area contributed by atoms with Gasteiger partial charge in [-0.15, -0.1) is 21.5 Å². The largest absolute Gasteiger partial charge is 0.465 e. The molecule has 1 amide bonds. The maximum Gasteiger partial charge on any atom is 0.348 e. The highest BCUT2D eigenvalue weighted by Crippen LogP contribution is 2.22. The molecule has 2 aromatic heterocycles. The third-order valence-electron chi connectivity index (χ3n) is 3.15. The molecule has 3 aromatic rings. The van der Waals surface area contributed by atoms with Crippen molar-refractivity contribution in [3.05, 3.63) is 62.5 Å². The van der Waals surface area contributed by atoms with Crippen LogP contribution in [0.1, 0.15) is 29.9 Å². The minimum atomic E-state index is -0.489. The van der Waals surface area contributed by atoms with E-state index in [-0.39, 0.29) is 11.7 Å². The number of anilines is 1. The Labute approximate surface area is 150 Å². The predicted molar refractivity (Wildman–Crippen MR) is 92.7 cm³/mol. The lowest BCUT2D eigenvalue weighted by atomic mass is 10.1. The molecule has 0 unspecified atom stereocenters. The van der Waals surface area contributed by atoms with E-state index in [1.807, 2.05) is 0 Å². The lowest BCUT2D eigenvalue weighted by Crippen LogP contribution is -2.09. The number of esters is 1. The molecule has 0 radical (unpaired) electrons. The molecule has 2 heterocycles. The van der Waals surface area contributed by atoms with Crippen molar-refractivity contribution in [2.75, 3.05) is 12.4 Å². The van der Waals surface area contributed by atoms with Gasteiger partial charge in [-0.25, -0.2) is 9.18 Å². The molecule has 9 heteroatoms. The van der Waals surface area contributed by atoms with Crippen LogP contribution in [0.3, 0.4) is 0 Å². The molecule has 3 rings (SSSR count). The van der Waals surface area contributed by atoms with Gasteiger partial charge >= 0.3 is 5.97 Å². The van der Waals surface area contributed by atoms with E-state index in [1.165, 1.54) is 36.6 Å². The lowest BCUT2D eigenvalue weighted by molar-refractivity contribution is 0.0606. The summed E-state index contributed by atoms with van der Waals surface area (Å²) in [5.41, 5.74) is 0.773. The van der Waals surface area contributed by atoms with Crippen LogP contribution in [0, 0.1) is 5.82 Å². The number of amides is 1. The van der Waals surface area contributed by atoms with E-state index < -0.39 is 5.97 Å². The minimum Gasteiger partial charge on any atom is -0.465 e. The summed E-state index contributed by atoms with van der Waals surface area (Å²) in [6, 6.07) is 9.30. The molecule has 0 bridgehead atoms. The van der Waals surface area contributed by atoms with Crippen LogP contribution in [0.15, 0.2) is 36.4 Å². The van der Waals surface area contributed by atoms with Crippen molar-refractivity contribution in [1.82, 2.24) is 10.2 Å². The highest BCUT2D eigenvalue weighted by molar-refractivity contribution is 7.17. The average molecular weight is 377 g/mol. The summed E-state index contributed by atoms with van der Waals surface area (Å²) in [4.78, 5) is 24.3. The SMILES string of the molecule is COC(=O)c1ccc(C(=O)Nc2nnc(Cc3cccc(F)c3)s2)s1. The monoisotopic (exact) mass is 377 g/mol. The van der Waals surface area contributed by atoms with Crippen LogP contribution in [0.4, 0.5) is 9.52 Å². The van der Waals surface area contributed by atoms with Gasteiger partial charge < -0.3 is 4.74 Å². The molecule has 0 fully saturated rings. The Morgan fingerprint density at radius 1 is 1.16 bits per heavy atom. The highest BCUT2D eigenvalue weighted by atomic mass is 32.1. The molecule has 0 aliphatic heterocycles. The molecular formula is C16H12FN3O3S2. The lowest BCUT2D eigenvalue weighted by Gasteiger charge is -1.98. The normalized spacial score (nSPS) is 10.5. The Balaban J connectivity index is 1.65. The first-order valence-electron chi connectivity index (χ1n) is 7.11. The summed E-state index contributed by atoms with van der Waals surface area (Å²) in [6.07, 6.45) is 0.427. The van der Waals surface area contributed by atoms with Crippen molar-refractivity contribution in [3.63, 3.8) is 0 Å². The topological polar surface area (TPSA) is 81.2 Å². The van der Waals surface area contributed by atoms with Crippen LogP contribution in [0.2, 0.25) is 0 Å². The van der Waals surface area contributed by atoms with Gasteiger partial charge in [0, 0.05) is 6.42 Å². The second kappa shape index (κ2) is 7.49. The van der Waals surface area contributed by atoms with E-state index in [4.69, 9.17) is 0 Å². The first-order chi connectivity index (χ1) is 12.0. The number of carbonyl (C=O) groups is 2. The molecule has 0 saturated carbocycles. The third kappa shape index (κ3) is 4.25. The second-order valence-electron chi connectivity index (χ2n) is 4.92. The molecule has 1 aromatic carbocycles. The molecule has 0 atom stereocenters. The summed E-state index contributed by atoms with van der Waals surface area (Å²) < 4.78 is 17.8. The van der Waals surface area contributed by atoms with Gasteiger partial charge in [-0.1, -0.05) is 23.5 Å². The van der Waals surface area contributed by atoms with E-state index in [1.54, 1.807) is 18.2 Å². The quantitative estimate of drug-likeness (QED) is 0.690. The summed E-state index contributed by atoms with van der Waals surface area (Å²) in [6.45, 7) is 0. The Kier molecular flexibility index (Phi) is 5.15. The van der Waals surface area contributed by atoms with E-state index in [2.05, 4.69) is 20.3 Å². The van der Waals surface area contributed by atoms with Crippen LogP contribution in [-0.2, 0) is 11.2 Å².